The van der Waals surface area contributed by atoms with Gasteiger partial charge in [-0.1, -0.05) is 25.5 Å². The molecule has 7 heteroatoms. The van der Waals surface area contributed by atoms with Crippen LogP contribution in [0.1, 0.15) is 51.5 Å². The quantitative estimate of drug-likeness (QED) is 0.211. The number of guanidine groups is 1. The van der Waals surface area contributed by atoms with Gasteiger partial charge in [-0.3, -0.25) is 9.89 Å². The van der Waals surface area contributed by atoms with Gasteiger partial charge in [0.25, 0.3) is 0 Å². The zero-order valence-corrected chi connectivity index (χ0v) is 21.9. The summed E-state index contributed by atoms with van der Waals surface area (Å²) in [6, 6.07) is 8.40. The highest BCUT2D eigenvalue weighted by Gasteiger charge is 2.19. The molecule has 0 amide bonds. The van der Waals surface area contributed by atoms with Crippen molar-refractivity contribution < 1.29 is 9.84 Å². The summed E-state index contributed by atoms with van der Waals surface area (Å²) in [7, 11) is 1.71. The number of aliphatic imine (C=N–C) groups is 1. The molecule has 2 rings (SSSR count). The number of rotatable bonds is 12. The molecule has 0 saturated carbocycles. The van der Waals surface area contributed by atoms with E-state index in [9.17, 15) is 5.11 Å². The first-order valence-corrected chi connectivity index (χ1v) is 11.7. The summed E-state index contributed by atoms with van der Waals surface area (Å²) in [5.41, 5.74) is 1.35. The highest BCUT2D eigenvalue weighted by atomic mass is 127. The van der Waals surface area contributed by atoms with Crippen molar-refractivity contribution in [2.75, 3.05) is 46.4 Å². The average Bonchev–Trinajstić information content (AvgIpc) is 2.77. The maximum atomic E-state index is 9.25. The Bertz CT molecular complexity index is 598. The van der Waals surface area contributed by atoms with E-state index in [0.717, 1.165) is 70.2 Å². The van der Waals surface area contributed by atoms with Crippen LogP contribution in [-0.4, -0.2) is 62.4 Å². The van der Waals surface area contributed by atoms with E-state index < -0.39 is 0 Å². The first-order chi connectivity index (χ1) is 14.7. The number of nitrogens with one attached hydrogen (secondary N) is 2. The maximum absolute atomic E-state index is 9.25. The minimum Gasteiger partial charge on any atom is -0.497 e. The fraction of sp³-hybridized carbons (Fsp3) is 0.708. The van der Waals surface area contributed by atoms with Crippen molar-refractivity contribution in [2.45, 2.75) is 52.5 Å². The first-order valence-electron chi connectivity index (χ1n) is 11.7. The molecule has 1 aliphatic rings. The van der Waals surface area contributed by atoms with Crippen LogP contribution in [0, 0.1) is 11.8 Å². The highest BCUT2D eigenvalue weighted by Crippen LogP contribution is 2.20. The number of benzene rings is 1. The number of piperidine rings is 1. The number of ether oxygens (including phenoxy) is 1. The second-order valence-electron chi connectivity index (χ2n) is 8.34. The minimum atomic E-state index is 0. The summed E-state index contributed by atoms with van der Waals surface area (Å²) in [6.45, 7) is 10.5. The van der Waals surface area contributed by atoms with Crippen molar-refractivity contribution in [3.63, 3.8) is 0 Å². The van der Waals surface area contributed by atoms with Crippen LogP contribution in [0.4, 0.5) is 0 Å². The predicted molar refractivity (Wildman–Crippen MR) is 140 cm³/mol. The molecule has 1 aromatic rings. The lowest BCUT2D eigenvalue weighted by Gasteiger charge is -2.32. The summed E-state index contributed by atoms with van der Waals surface area (Å²) in [5.74, 6) is 2.98. The van der Waals surface area contributed by atoms with Crippen LogP contribution < -0.4 is 15.4 Å². The number of aliphatic hydroxyl groups is 1. The molecule has 1 saturated heterocycles. The molecule has 1 aromatic carbocycles. The molecule has 1 atom stereocenters. The average molecular weight is 547 g/mol. The molecular formula is C24H43IN4O2. The second kappa shape index (κ2) is 16.6. The van der Waals surface area contributed by atoms with Crippen molar-refractivity contribution >= 4 is 29.9 Å². The van der Waals surface area contributed by atoms with Gasteiger partial charge in [0.1, 0.15) is 5.75 Å². The van der Waals surface area contributed by atoms with Crippen molar-refractivity contribution in [3.05, 3.63) is 29.8 Å². The number of likely N-dealkylation sites (tertiary alicyclic amines) is 1. The van der Waals surface area contributed by atoms with Crippen LogP contribution >= 0.6 is 24.0 Å². The van der Waals surface area contributed by atoms with Gasteiger partial charge in [0.15, 0.2) is 5.96 Å². The molecule has 0 aliphatic carbocycles. The zero-order chi connectivity index (χ0) is 21.6. The number of hydrogen-bond donors (Lipinski definition) is 3. The summed E-state index contributed by atoms with van der Waals surface area (Å²) >= 11 is 0. The molecular weight excluding hydrogens is 503 g/mol. The number of hydrogen-bond acceptors (Lipinski definition) is 4. The van der Waals surface area contributed by atoms with Gasteiger partial charge >= 0.3 is 0 Å². The third kappa shape index (κ3) is 10.9. The lowest BCUT2D eigenvalue weighted by Crippen LogP contribution is -2.43. The lowest BCUT2D eigenvalue weighted by atomic mass is 9.96. The Hall–Kier alpha value is -1.06. The topological polar surface area (TPSA) is 69.1 Å². The molecule has 1 aliphatic heterocycles. The normalized spacial score (nSPS) is 16.5. The molecule has 0 radical (unpaired) electrons. The third-order valence-corrected chi connectivity index (χ3v) is 5.92. The Labute approximate surface area is 206 Å². The molecule has 1 unspecified atom stereocenters. The third-order valence-electron chi connectivity index (χ3n) is 5.92. The van der Waals surface area contributed by atoms with Gasteiger partial charge in [-0.15, -0.1) is 24.0 Å². The van der Waals surface area contributed by atoms with E-state index in [1.165, 1.54) is 18.4 Å². The Morgan fingerprint density at radius 1 is 1.16 bits per heavy atom. The highest BCUT2D eigenvalue weighted by molar-refractivity contribution is 14.0. The number of aliphatic hydroxyl groups excluding tert-OH is 1. The summed E-state index contributed by atoms with van der Waals surface area (Å²) < 4.78 is 5.24. The standard InChI is InChI=1S/C24H42N4O2.HI/c1-4-6-20(13-16-29)17-26-24(25-5-2)27-18-21-11-14-28(15-12-21)19-22-7-9-23(30-3)10-8-22;/h7-10,20-21,29H,4-6,11-19H2,1-3H3,(H2,25,26,27);1H. The van der Waals surface area contributed by atoms with E-state index >= 15 is 0 Å². The Morgan fingerprint density at radius 3 is 2.45 bits per heavy atom. The minimum absolute atomic E-state index is 0. The smallest absolute Gasteiger partial charge is 0.191 e. The van der Waals surface area contributed by atoms with Crippen LogP contribution in [0.2, 0.25) is 0 Å². The molecule has 6 nitrogen and oxygen atoms in total. The van der Waals surface area contributed by atoms with E-state index in [2.05, 4.69) is 41.5 Å². The van der Waals surface area contributed by atoms with Crippen LogP contribution in [0.15, 0.2) is 29.3 Å². The fourth-order valence-corrected chi connectivity index (χ4v) is 4.06. The van der Waals surface area contributed by atoms with Crippen molar-refractivity contribution in [3.8, 4) is 5.75 Å². The number of nitrogens with zero attached hydrogens (tertiary/aromatic N) is 2. The van der Waals surface area contributed by atoms with E-state index in [-0.39, 0.29) is 30.6 Å². The van der Waals surface area contributed by atoms with Crippen LogP contribution in [-0.2, 0) is 6.54 Å². The van der Waals surface area contributed by atoms with E-state index in [1.54, 1.807) is 7.11 Å². The summed E-state index contributed by atoms with van der Waals surface area (Å²) in [5, 5.41) is 16.2. The van der Waals surface area contributed by atoms with Crippen LogP contribution in [0.3, 0.4) is 0 Å². The Kier molecular flexibility index (Phi) is 14.9. The molecule has 1 heterocycles. The molecule has 1 fully saturated rings. The number of halogens is 1. The largest absolute Gasteiger partial charge is 0.497 e. The van der Waals surface area contributed by atoms with E-state index in [0.29, 0.717) is 11.8 Å². The van der Waals surface area contributed by atoms with Crippen LogP contribution in [0.25, 0.3) is 0 Å². The molecule has 3 N–H and O–H groups in total. The zero-order valence-electron chi connectivity index (χ0n) is 19.6. The van der Waals surface area contributed by atoms with Gasteiger partial charge in [0, 0.05) is 32.8 Å². The fourth-order valence-electron chi connectivity index (χ4n) is 4.06. The van der Waals surface area contributed by atoms with Crippen LogP contribution in [0.5, 0.6) is 5.75 Å². The SMILES string of the molecule is CCCC(CCO)CN=C(NCC)NCC1CCN(Cc2ccc(OC)cc2)CC1.I. The molecule has 178 valence electrons. The lowest BCUT2D eigenvalue weighted by molar-refractivity contribution is 0.178. The van der Waals surface area contributed by atoms with Gasteiger partial charge in [0.2, 0.25) is 0 Å². The van der Waals surface area contributed by atoms with Gasteiger partial charge in [-0.25, -0.2) is 0 Å². The van der Waals surface area contributed by atoms with E-state index in [4.69, 9.17) is 9.73 Å². The molecule has 0 aromatic heterocycles. The van der Waals surface area contributed by atoms with Gasteiger partial charge in [-0.2, -0.15) is 0 Å². The predicted octanol–water partition coefficient (Wildman–Crippen LogP) is 3.88. The van der Waals surface area contributed by atoms with Crippen molar-refractivity contribution in [1.82, 2.24) is 15.5 Å². The monoisotopic (exact) mass is 546 g/mol. The van der Waals surface area contributed by atoms with E-state index in [1.807, 2.05) is 12.1 Å². The maximum Gasteiger partial charge on any atom is 0.191 e. The summed E-state index contributed by atoms with van der Waals surface area (Å²) in [6.07, 6.45) is 5.52. The number of methoxy groups -OCH3 is 1. The van der Waals surface area contributed by atoms with Crippen molar-refractivity contribution in [2.24, 2.45) is 16.8 Å². The molecule has 0 bridgehead atoms. The van der Waals surface area contributed by atoms with Gasteiger partial charge < -0.3 is 20.5 Å². The second-order valence-corrected chi connectivity index (χ2v) is 8.34. The molecule has 31 heavy (non-hydrogen) atoms. The first kappa shape index (κ1) is 28.0. The summed E-state index contributed by atoms with van der Waals surface area (Å²) in [4.78, 5) is 7.33. The molecule has 0 spiro atoms. The Balaban J connectivity index is 0.00000480. The van der Waals surface area contributed by atoms with Gasteiger partial charge in [0.05, 0.1) is 7.11 Å². The van der Waals surface area contributed by atoms with Gasteiger partial charge in [-0.05, 0) is 75.2 Å². The Morgan fingerprint density at radius 2 is 1.87 bits per heavy atom. The van der Waals surface area contributed by atoms with Crippen molar-refractivity contribution in [1.29, 1.82) is 0 Å².